The molecule has 1 aliphatic heterocycles. The summed E-state index contributed by atoms with van der Waals surface area (Å²) in [6.07, 6.45) is -4.24. The first-order valence-electron chi connectivity index (χ1n) is 6.34. The van der Waals surface area contributed by atoms with Gasteiger partial charge in [-0.05, 0) is 36.8 Å². The Morgan fingerprint density at radius 3 is 2.50 bits per heavy atom. The Labute approximate surface area is 123 Å². The highest BCUT2D eigenvalue weighted by molar-refractivity contribution is 9.10. The van der Waals surface area contributed by atoms with Crippen molar-refractivity contribution in [2.45, 2.75) is 32.1 Å². The molecule has 0 bridgehead atoms. The number of rotatable bonds is 2. The Morgan fingerprint density at radius 2 is 1.95 bits per heavy atom. The summed E-state index contributed by atoms with van der Waals surface area (Å²) in [7, 11) is 1.50. The zero-order chi connectivity index (χ0) is 15.1. The van der Waals surface area contributed by atoms with Crippen LogP contribution in [-0.2, 0) is 0 Å². The van der Waals surface area contributed by atoms with Crippen molar-refractivity contribution in [1.82, 2.24) is 19.7 Å². The van der Waals surface area contributed by atoms with Crippen molar-refractivity contribution in [2.75, 3.05) is 31.6 Å². The monoisotopic (exact) mass is 355 g/mol. The zero-order valence-electron chi connectivity index (χ0n) is 11.5. The molecule has 0 radical (unpaired) electrons. The highest BCUT2D eigenvalue weighted by Gasteiger charge is 2.45. The van der Waals surface area contributed by atoms with E-state index < -0.39 is 12.2 Å². The van der Waals surface area contributed by atoms with E-state index in [-0.39, 0.29) is 12.6 Å². The first-order valence-corrected chi connectivity index (χ1v) is 7.13. The number of hydrogen-bond donors (Lipinski definition) is 0. The van der Waals surface area contributed by atoms with Crippen molar-refractivity contribution in [3.05, 3.63) is 4.73 Å². The van der Waals surface area contributed by atoms with Crippen LogP contribution < -0.4 is 4.90 Å². The van der Waals surface area contributed by atoms with Crippen LogP contribution in [0.3, 0.4) is 0 Å². The minimum atomic E-state index is -4.24. The quantitative estimate of drug-likeness (QED) is 0.815. The Morgan fingerprint density at radius 1 is 1.30 bits per heavy atom. The molecule has 1 atom stereocenters. The van der Waals surface area contributed by atoms with Crippen molar-refractivity contribution in [3.63, 3.8) is 0 Å². The van der Waals surface area contributed by atoms with Crippen LogP contribution in [0.15, 0.2) is 4.73 Å². The van der Waals surface area contributed by atoms with E-state index in [0.29, 0.717) is 23.8 Å². The van der Waals surface area contributed by atoms with Crippen molar-refractivity contribution >= 4 is 21.9 Å². The molecule has 20 heavy (non-hydrogen) atoms. The molecule has 0 amide bonds. The molecule has 9 heteroatoms. The van der Waals surface area contributed by atoms with Gasteiger partial charge in [-0.25, -0.2) is 4.68 Å². The number of alkyl halides is 3. The highest BCUT2D eigenvalue weighted by Crippen LogP contribution is 2.29. The zero-order valence-corrected chi connectivity index (χ0v) is 13.1. The molecule has 0 spiro atoms. The fourth-order valence-corrected chi connectivity index (χ4v) is 2.59. The van der Waals surface area contributed by atoms with Crippen LogP contribution in [0, 0.1) is 0 Å². The molecule has 0 aromatic carbocycles. The minimum absolute atomic E-state index is 0.0350. The summed E-state index contributed by atoms with van der Waals surface area (Å²) in [4.78, 5) is 7.19. The van der Waals surface area contributed by atoms with Gasteiger partial charge in [0.05, 0.1) is 6.04 Å². The maximum Gasteiger partial charge on any atom is 0.405 e. The van der Waals surface area contributed by atoms with Gasteiger partial charge in [0.2, 0.25) is 10.7 Å². The third-order valence-electron chi connectivity index (χ3n) is 3.39. The van der Waals surface area contributed by atoms with E-state index in [9.17, 15) is 13.2 Å². The average Bonchev–Trinajstić information content (AvgIpc) is 2.70. The van der Waals surface area contributed by atoms with Gasteiger partial charge in [0.1, 0.15) is 6.04 Å². The van der Waals surface area contributed by atoms with E-state index in [1.54, 1.807) is 9.58 Å². The molecular formula is C11H17BrF3N5. The Kier molecular flexibility index (Phi) is 4.29. The van der Waals surface area contributed by atoms with Crippen molar-refractivity contribution < 1.29 is 13.2 Å². The lowest BCUT2D eigenvalue weighted by Gasteiger charge is -2.40. The number of aromatic nitrogens is 3. The van der Waals surface area contributed by atoms with Gasteiger partial charge in [0.25, 0.3) is 0 Å². The molecule has 0 aliphatic carbocycles. The molecular weight excluding hydrogens is 339 g/mol. The van der Waals surface area contributed by atoms with Crippen LogP contribution in [0.1, 0.15) is 19.9 Å². The largest absolute Gasteiger partial charge is 0.405 e. The summed E-state index contributed by atoms with van der Waals surface area (Å²) in [6, 6.07) is -1.44. The van der Waals surface area contributed by atoms with Crippen LogP contribution >= 0.6 is 15.9 Å². The number of nitrogens with zero attached hydrogens (tertiary/aromatic N) is 5. The Balaban J connectivity index is 2.26. The molecule has 0 saturated carbocycles. The average molecular weight is 356 g/mol. The predicted octanol–water partition coefficient (Wildman–Crippen LogP) is 2.30. The third-order valence-corrected chi connectivity index (χ3v) is 3.72. The molecule has 5 nitrogen and oxygen atoms in total. The van der Waals surface area contributed by atoms with Gasteiger partial charge in [0.15, 0.2) is 0 Å². The van der Waals surface area contributed by atoms with Gasteiger partial charge in [-0.15, -0.1) is 5.10 Å². The molecule has 1 aromatic rings. The summed E-state index contributed by atoms with van der Waals surface area (Å²) in [5.41, 5.74) is 0. The van der Waals surface area contributed by atoms with Crippen LogP contribution in [-0.4, -0.2) is 58.6 Å². The van der Waals surface area contributed by atoms with Gasteiger partial charge in [-0.1, -0.05) is 0 Å². The first-order chi connectivity index (χ1) is 9.20. The highest BCUT2D eigenvalue weighted by atomic mass is 79.9. The van der Waals surface area contributed by atoms with E-state index >= 15 is 0 Å². The Hall–Kier alpha value is -0.830. The standard InChI is InChI=1S/C11H17BrF3N5/c1-7(2)20-10(16-9(12)17-20)19-5-4-18(3)8(6-19)11(13,14)15/h7-8H,4-6H2,1-3H3. The number of anilines is 1. The fourth-order valence-electron chi connectivity index (χ4n) is 2.26. The van der Waals surface area contributed by atoms with E-state index in [4.69, 9.17) is 0 Å². The SMILES string of the molecule is CC(C)n1nc(Br)nc1N1CCN(C)C(C(F)(F)F)C1. The second-order valence-corrected chi connectivity index (χ2v) is 5.91. The van der Waals surface area contributed by atoms with Crippen molar-refractivity contribution in [3.8, 4) is 0 Å². The maximum absolute atomic E-state index is 13.0. The lowest BCUT2D eigenvalue weighted by molar-refractivity contribution is -0.180. The number of likely N-dealkylation sites (N-methyl/N-ethyl adjacent to an activating group) is 1. The van der Waals surface area contributed by atoms with E-state index in [1.807, 2.05) is 13.8 Å². The van der Waals surface area contributed by atoms with E-state index in [0.717, 1.165) is 0 Å². The molecule has 1 fully saturated rings. The minimum Gasteiger partial charge on any atom is -0.338 e. The predicted molar refractivity (Wildman–Crippen MR) is 72.8 cm³/mol. The van der Waals surface area contributed by atoms with E-state index in [2.05, 4.69) is 26.0 Å². The van der Waals surface area contributed by atoms with Gasteiger partial charge in [-0.3, -0.25) is 4.90 Å². The summed E-state index contributed by atoms with van der Waals surface area (Å²) < 4.78 is 41.1. The normalized spacial score (nSPS) is 21.8. The number of hydrogen-bond acceptors (Lipinski definition) is 4. The second-order valence-electron chi connectivity index (χ2n) is 5.20. The smallest absolute Gasteiger partial charge is 0.338 e. The van der Waals surface area contributed by atoms with Crippen LogP contribution in [0.25, 0.3) is 0 Å². The van der Waals surface area contributed by atoms with Crippen LogP contribution in [0.5, 0.6) is 0 Å². The maximum atomic E-state index is 13.0. The fraction of sp³-hybridized carbons (Fsp3) is 0.818. The summed E-state index contributed by atoms with van der Waals surface area (Å²) in [5.74, 6) is 0.481. The van der Waals surface area contributed by atoms with Gasteiger partial charge in [-0.2, -0.15) is 18.2 Å². The molecule has 1 aliphatic rings. The lowest BCUT2D eigenvalue weighted by Crippen LogP contribution is -2.58. The van der Waals surface area contributed by atoms with Crippen LogP contribution in [0.2, 0.25) is 0 Å². The summed E-state index contributed by atoms with van der Waals surface area (Å²) in [5, 5.41) is 4.18. The summed E-state index contributed by atoms with van der Waals surface area (Å²) >= 11 is 3.18. The second kappa shape index (κ2) is 5.51. The first kappa shape index (κ1) is 15.6. The molecule has 2 heterocycles. The molecule has 114 valence electrons. The molecule has 2 rings (SSSR count). The van der Waals surface area contributed by atoms with Gasteiger partial charge >= 0.3 is 6.18 Å². The summed E-state index contributed by atoms with van der Waals surface area (Å²) in [6.45, 7) is 4.55. The molecule has 1 aromatic heterocycles. The van der Waals surface area contributed by atoms with Crippen molar-refractivity contribution in [2.24, 2.45) is 0 Å². The number of halogens is 4. The van der Waals surface area contributed by atoms with Crippen LogP contribution in [0.4, 0.5) is 19.1 Å². The lowest BCUT2D eigenvalue weighted by atomic mass is 10.2. The molecule has 0 N–H and O–H groups in total. The van der Waals surface area contributed by atoms with E-state index in [1.165, 1.54) is 11.9 Å². The number of piperazine rings is 1. The van der Waals surface area contributed by atoms with Gasteiger partial charge < -0.3 is 4.90 Å². The third kappa shape index (κ3) is 3.08. The molecule has 1 saturated heterocycles. The topological polar surface area (TPSA) is 37.2 Å². The van der Waals surface area contributed by atoms with Gasteiger partial charge in [0, 0.05) is 19.6 Å². The molecule has 1 unspecified atom stereocenters. The van der Waals surface area contributed by atoms with Crippen molar-refractivity contribution in [1.29, 1.82) is 0 Å². The Bertz CT molecular complexity index is 473.